The predicted octanol–water partition coefficient (Wildman–Crippen LogP) is 4.77. The molecule has 0 saturated heterocycles. The molecule has 1 aliphatic rings. The van der Waals surface area contributed by atoms with Crippen LogP contribution in [0.25, 0.3) is 0 Å². The van der Waals surface area contributed by atoms with Crippen molar-refractivity contribution in [2.45, 2.75) is 50.0 Å². The molecule has 20 heavy (non-hydrogen) atoms. The molecule has 0 radical (unpaired) electrons. The van der Waals surface area contributed by atoms with E-state index < -0.39 is 5.60 Å². The first-order valence-electron chi connectivity index (χ1n) is 7.58. The standard InChI is InChI=1S/C18H22OS/c19-18(13-11-16-9-6-14-20-16)12-5-4-10-17(18)15-7-2-1-3-8-15/h1-3,6-9,14,17,19H,4-5,10-13H2. The lowest BCUT2D eigenvalue weighted by Gasteiger charge is -2.40. The summed E-state index contributed by atoms with van der Waals surface area (Å²) in [6.07, 6.45) is 6.33. The Labute approximate surface area is 125 Å². The number of benzene rings is 1. The SMILES string of the molecule is OC1(CCc2cccs2)CCCCC1c1ccccc1. The Morgan fingerprint density at radius 2 is 1.95 bits per heavy atom. The molecule has 1 aliphatic carbocycles. The van der Waals surface area contributed by atoms with Gasteiger partial charge in [-0.3, -0.25) is 0 Å². The molecule has 106 valence electrons. The Morgan fingerprint density at radius 1 is 1.10 bits per heavy atom. The van der Waals surface area contributed by atoms with Gasteiger partial charge in [0, 0.05) is 10.8 Å². The van der Waals surface area contributed by atoms with Gasteiger partial charge in [0.25, 0.3) is 0 Å². The Hall–Kier alpha value is -1.12. The highest BCUT2D eigenvalue weighted by molar-refractivity contribution is 7.09. The minimum atomic E-state index is -0.524. The summed E-state index contributed by atoms with van der Waals surface area (Å²) < 4.78 is 0. The lowest BCUT2D eigenvalue weighted by molar-refractivity contribution is -0.0240. The van der Waals surface area contributed by atoms with Crippen molar-refractivity contribution in [3.8, 4) is 0 Å². The predicted molar refractivity (Wildman–Crippen MR) is 85.2 cm³/mol. The number of aliphatic hydroxyl groups is 1. The molecule has 2 heteroatoms. The molecule has 3 rings (SSSR count). The van der Waals surface area contributed by atoms with E-state index in [1.807, 2.05) is 0 Å². The van der Waals surface area contributed by atoms with Crippen molar-refractivity contribution in [3.63, 3.8) is 0 Å². The van der Waals surface area contributed by atoms with Crippen LogP contribution in [-0.4, -0.2) is 10.7 Å². The van der Waals surface area contributed by atoms with E-state index in [-0.39, 0.29) is 0 Å². The van der Waals surface area contributed by atoms with Crippen LogP contribution in [0.1, 0.15) is 48.5 Å². The number of aryl methyl sites for hydroxylation is 1. The fraction of sp³-hybridized carbons (Fsp3) is 0.444. The summed E-state index contributed by atoms with van der Waals surface area (Å²) in [4.78, 5) is 1.39. The molecular weight excluding hydrogens is 264 g/mol. The van der Waals surface area contributed by atoms with E-state index in [0.29, 0.717) is 5.92 Å². The third-order valence-corrected chi connectivity index (χ3v) is 5.52. The van der Waals surface area contributed by atoms with Crippen LogP contribution < -0.4 is 0 Å². The van der Waals surface area contributed by atoms with E-state index in [1.165, 1.54) is 16.9 Å². The lowest BCUT2D eigenvalue weighted by Crippen LogP contribution is -2.39. The fourth-order valence-corrected chi connectivity index (χ4v) is 4.19. The van der Waals surface area contributed by atoms with Gasteiger partial charge in [0.2, 0.25) is 0 Å². The normalized spacial score (nSPS) is 26.6. The minimum absolute atomic E-state index is 0.303. The van der Waals surface area contributed by atoms with Crippen LogP contribution in [0, 0.1) is 0 Å². The third kappa shape index (κ3) is 2.97. The molecule has 1 N–H and O–H groups in total. The fourth-order valence-electron chi connectivity index (χ4n) is 3.48. The Balaban J connectivity index is 1.76. The Morgan fingerprint density at radius 3 is 2.70 bits per heavy atom. The van der Waals surface area contributed by atoms with Gasteiger partial charge in [-0.2, -0.15) is 0 Å². The zero-order valence-corrected chi connectivity index (χ0v) is 12.6. The molecule has 1 nitrogen and oxygen atoms in total. The van der Waals surface area contributed by atoms with Gasteiger partial charge < -0.3 is 5.11 Å². The topological polar surface area (TPSA) is 20.2 Å². The Kier molecular flexibility index (Phi) is 4.23. The van der Waals surface area contributed by atoms with Gasteiger partial charge in [0.05, 0.1) is 5.60 Å². The van der Waals surface area contributed by atoms with Crippen molar-refractivity contribution < 1.29 is 5.11 Å². The first-order chi connectivity index (χ1) is 9.78. The van der Waals surface area contributed by atoms with Crippen molar-refractivity contribution in [1.82, 2.24) is 0 Å². The molecule has 0 aliphatic heterocycles. The van der Waals surface area contributed by atoms with E-state index in [0.717, 1.165) is 32.1 Å². The van der Waals surface area contributed by atoms with Crippen molar-refractivity contribution in [2.75, 3.05) is 0 Å². The molecular formula is C18H22OS. The van der Waals surface area contributed by atoms with Gasteiger partial charge in [-0.25, -0.2) is 0 Å². The summed E-state index contributed by atoms with van der Waals surface area (Å²) in [5.74, 6) is 0.303. The molecule has 1 fully saturated rings. The van der Waals surface area contributed by atoms with Gasteiger partial charge in [0.15, 0.2) is 0 Å². The molecule has 1 saturated carbocycles. The largest absolute Gasteiger partial charge is 0.389 e. The summed E-state index contributed by atoms with van der Waals surface area (Å²) in [5, 5.41) is 13.3. The van der Waals surface area contributed by atoms with Crippen LogP contribution in [0.5, 0.6) is 0 Å². The molecule has 2 atom stereocenters. The van der Waals surface area contributed by atoms with Gasteiger partial charge in [-0.05, 0) is 42.7 Å². The summed E-state index contributed by atoms with van der Waals surface area (Å²) in [6.45, 7) is 0. The monoisotopic (exact) mass is 286 g/mol. The van der Waals surface area contributed by atoms with Crippen LogP contribution in [0.4, 0.5) is 0 Å². The molecule has 2 unspecified atom stereocenters. The van der Waals surface area contributed by atoms with Crippen LogP contribution in [0.15, 0.2) is 47.8 Å². The molecule has 0 bridgehead atoms. The van der Waals surface area contributed by atoms with Gasteiger partial charge in [-0.15, -0.1) is 11.3 Å². The maximum atomic E-state index is 11.2. The quantitative estimate of drug-likeness (QED) is 0.858. The lowest BCUT2D eigenvalue weighted by atomic mass is 9.70. The molecule has 2 aromatic rings. The van der Waals surface area contributed by atoms with Crippen molar-refractivity contribution in [3.05, 3.63) is 58.3 Å². The second kappa shape index (κ2) is 6.11. The van der Waals surface area contributed by atoms with Gasteiger partial charge in [0.1, 0.15) is 0 Å². The number of hydrogen-bond donors (Lipinski definition) is 1. The van der Waals surface area contributed by atoms with Gasteiger partial charge in [-0.1, -0.05) is 49.2 Å². The Bertz CT molecular complexity index is 520. The summed E-state index contributed by atoms with van der Waals surface area (Å²) in [6, 6.07) is 14.8. The van der Waals surface area contributed by atoms with Crippen molar-refractivity contribution in [2.24, 2.45) is 0 Å². The average Bonchev–Trinajstić information content (AvgIpc) is 3.00. The third-order valence-electron chi connectivity index (χ3n) is 4.59. The van der Waals surface area contributed by atoms with Crippen LogP contribution >= 0.6 is 11.3 Å². The van der Waals surface area contributed by atoms with Crippen molar-refractivity contribution in [1.29, 1.82) is 0 Å². The average molecular weight is 286 g/mol. The van der Waals surface area contributed by atoms with Crippen LogP contribution in [0.3, 0.4) is 0 Å². The summed E-state index contributed by atoms with van der Waals surface area (Å²) >= 11 is 1.80. The number of rotatable bonds is 4. The van der Waals surface area contributed by atoms with Crippen LogP contribution in [0.2, 0.25) is 0 Å². The maximum absolute atomic E-state index is 11.2. The second-order valence-electron chi connectivity index (χ2n) is 5.89. The first-order valence-corrected chi connectivity index (χ1v) is 8.46. The highest BCUT2D eigenvalue weighted by atomic mass is 32.1. The summed E-state index contributed by atoms with van der Waals surface area (Å²) in [5.41, 5.74) is 0.782. The second-order valence-corrected chi connectivity index (χ2v) is 6.92. The molecule has 1 heterocycles. The first kappa shape index (κ1) is 13.8. The van der Waals surface area contributed by atoms with Crippen molar-refractivity contribution >= 4 is 11.3 Å². The minimum Gasteiger partial charge on any atom is -0.389 e. The highest BCUT2D eigenvalue weighted by Crippen LogP contribution is 2.43. The zero-order chi connectivity index (χ0) is 13.8. The van der Waals surface area contributed by atoms with Crippen LogP contribution in [-0.2, 0) is 6.42 Å². The number of thiophene rings is 1. The maximum Gasteiger partial charge on any atom is 0.0719 e. The van der Waals surface area contributed by atoms with E-state index >= 15 is 0 Å². The van der Waals surface area contributed by atoms with E-state index in [9.17, 15) is 5.11 Å². The zero-order valence-electron chi connectivity index (χ0n) is 11.8. The smallest absolute Gasteiger partial charge is 0.0719 e. The molecule has 0 spiro atoms. The van der Waals surface area contributed by atoms with E-state index in [1.54, 1.807) is 11.3 Å². The highest BCUT2D eigenvalue weighted by Gasteiger charge is 2.39. The number of hydrogen-bond acceptors (Lipinski definition) is 2. The van der Waals surface area contributed by atoms with Gasteiger partial charge >= 0.3 is 0 Å². The summed E-state index contributed by atoms with van der Waals surface area (Å²) in [7, 11) is 0. The molecule has 1 aromatic heterocycles. The van der Waals surface area contributed by atoms with E-state index in [2.05, 4.69) is 47.8 Å². The van der Waals surface area contributed by atoms with E-state index in [4.69, 9.17) is 0 Å². The molecule has 0 amide bonds. The molecule has 1 aromatic carbocycles.